The maximum atomic E-state index is 7.88. The zero-order valence-corrected chi connectivity index (χ0v) is 16.7. The van der Waals surface area contributed by atoms with Crippen molar-refractivity contribution in [2.75, 3.05) is 26.3 Å². The molecule has 0 fully saturated rings. The molecule has 0 spiro atoms. The van der Waals surface area contributed by atoms with Crippen LogP contribution in [0.5, 0.6) is 0 Å². The highest BCUT2D eigenvalue weighted by Gasteiger charge is 2.16. The van der Waals surface area contributed by atoms with Crippen molar-refractivity contribution in [3.63, 3.8) is 0 Å². The lowest BCUT2D eigenvalue weighted by Crippen LogP contribution is -2.38. The number of hydrogen-bond donors (Lipinski definition) is 2. The zero-order chi connectivity index (χ0) is 17.7. The molecule has 0 atom stereocenters. The predicted octanol–water partition coefficient (Wildman–Crippen LogP) is 4.88. The lowest BCUT2D eigenvalue weighted by molar-refractivity contribution is -0.0204. The minimum absolute atomic E-state index is 0.0229. The smallest absolute Gasteiger partial charge is 0.0750 e. The normalized spacial score (nSPS) is 9.71. The maximum absolute atomic E-state index is 7.88. The Balaban J connectivity index is -0.000000151. The summed E-state index contributed by atoms with van der Waals surface area (Å²) in [5.41, 5.74) is -0.0229. The lowest BCUT2D eigenvalue weighted by Gasteiger charge is -2.26. The molecule has 0 radical (unpaired) electrons. The molecule has 3 heteroatoms. The third kappa shape index (κ3) is 38.3. The monoisotopic (exact) mass is 307 g/mol. The number of aliphatic hydroxyl groups is 1. The third-order valence-electron chi connectivity index (χ3n) is 2.21. The molecule has 0 bridgehead atoms. The Hall–Kier alpha value is -0.120. The molecule has 0 heterocycles. The molecule has 0 unspecified atom stereocenters. The molecular formula is C18H45NO2. The van der Waals surface area contributed by atoms with Gasteiger partial charge in [0, 0.05) is 19.8 Å². The van der Waals surface area contributed by atoms with Gasteiger partial charge in [0.2, 0.25) is 0 Å². The Bertz CT molecular complexity index is 146. The zero-order valence-electron chi connectivity index (χ0n) is 16.7. The van der Waals surface area contributed by atoms with Gasteiger partial charge in [0.05, 0.1) is 5.60 Å². The van der Waals surface area contributed by atoms with E-state index in [0.717, 1.165) is 38.5 Å². The Kier molecular flexibility index (Phi) is 34.3. The van der Waals surface area contributed by atoms with E-state index in [0.29, 0.717) is 6.61 Å². The van der Waals surface area contributed by atoms with E-state index in [-0.39, 0.29) is 5.60 Å². The molecule has 3 nitrogen and oxygen atoms in total. The Labute approximate surface area is 135 Å². The fourth-order valence-electron chi connectivity index (χ4n) is 1.05. The Morgan fingerprint density at radius 1 is 1.05 bits per heavy atom. The van der Waals surface area contributed by atoms with Crippen LogP contribution in [0.15, 0.2) is 0 Å². The second kappa shape index (κ2) is 24.9. The van der Waals surface area contributed by atoms with E-state index in [1.165, 1.54) is 0 Å². The molecule has 2 N–H and O–H groups in total. The third-order valence-corrected chi connectivity index (χ3v) is 2.21. The predicted molar refractivity (Wildman–Crippen MR) is 98.1 cm³/mol. The molecule has 0 aromatic rings. The van der Waals surface area contributed by atoms with Gasteiger partial charge in [0.1, 0.15) is 0 Å². The molecule has 0 aliphatic heterocycles. The quantitative estimate of drug-likeness (QED) is 0.671. The number of ether oxygens (including phenoxy) is 1. The van der Waals surface area contributed by atoms with Crippen molar-refractivity contribution in [3.05, 3.63) is 0 Å². The summed E-state index contributed by atoms with van der Waals surface area (Å²) >= 11 is 0. The van der Waals surface area contributed by atoms with E-state index in [1.807, 2.05) is 34.6 Å². The highest BCUT2D eigenvalue weighted by Crippen LogP contribution is 2.10. The Morgan fingerprint density at radius 3 is 1.76 bits per heavy atom. The summed E-state index contributed by atoms with van der Waals surface area (Å²) in [4.78, 5) is 0. The number of nitrogens with one attached hydrogen (secondary N) is 1. The van der Waals surface area contributed by atoms with Crippen LogP contribution in [-0.4, -0.2) is 37.0 Å². The number of likely N-dealkylation sites (N-methyl/N-ethyl adjacent to an activating group) is 1. The summed E-state index contributed by atoms with van der Waals surface area (Å²) in [5, 5.41) is 11.2. The van der Waals surface area contributed by atoms with Crippen molar-refractivity contribution in [2.45, 2.75) is 87.7 Å². The second-order valence-electron chi connectivity index (χ2n) is 5.29. The van der Waals surface area contributed by atoms with Crippen LogP contribution in [0.1, 0.15) is 82.1 Å². The molecule has 0 saturated heterocycles. The van der Waals surface area contributed by atoms with Gasteiger partial charge in [-0.1, -0.05) is 55.4 Å². The summed E-state index contributed by atoms with van der Waals surface area (Å²) in [7, 11) is 0. The Morgan fingerprint density at radius 2 is 1.48 bits per heavy atom. The van der Waals surface area contributed by atoms with Crippen molar-refractivity contribution in [2.24, 2.45) is 5.92 Å². The van der Waals surface area contributed by atoms with Crippen molar-refractivity contribution in [3.8, 4) is 0 Å². The maximum Gasteiger partial charge on any atom is 0.0750 e. The number of aliphatic hydroxyl groups excluding tert-OH is 1. The molecular weight excluding hydrogens is 262 g/mol. The fourth-order valence-corrected chi connectivity index (χ4v) is 1.05. The van der Waals surface area contributed by atoms with Crippen molar-refractivity contribution >= 4 is 0 Å². The van der Waals surface area contributed by atoms with Gasteiger partial charge in [-0.05, 0) is 39.2 Å². The molecule has 0 rings (SSSR count). The van der Waals surface area contributed by atoms with Crippen molar-refractivity contribution < 1.29 is 9.84 Å². The van der Waals surface area contributed by atoms with Gasteiger partial charge in [-0.3, -0.25) is 0 Å². The summed E-state index contributed by atoms with van der Waals surface area (Å²) < 4.78 is 5.78. The van der Waals surface area contributed by atoms with Gasteiger partial charge in [-0.25, -0.2) is 0 Å². The molecule has 0 saturated carbocycles. The molecule has 0 aliphatic carbocycles. The average Bonchev–Trinajstić information content (AvgIpc) is 2.49. The van der Waals surface area contributed by atoms with Gasteiger partial charge >= 0.3 is 0 Å². The van der Waals surface area contributed by atoms with Gasteiger partial charge in [-0.2, -0.15) is 0 Å². The van der Waals surface area contributed by atoms with Crippen LogP contribution >= 0.6 is 0 Å². The van der Waals surface area contributed by atoms with Crippen LogP contribution in [0, 0.1) is 5.92 Å². The molecule has 0 aliphatic rings. The first-order valence-corrected chi connectivity index (χ1v) is 8.85. The molecule has 21 heavy (non-hydrogen) atoms. The van der Waals surface area contributed by atoms with Crippen LogP contribution in [-0.2, 0) is 4.74 Å². The first-order valence-electron chi connectivity index (χ1n) is 8.85. The molecule has 134 valence electrons. The SMILES string of the molecule is CC.CC.CCCO.CCNCC(C)(C)OCCC(C)C. The van der Waals surface area contributed by atoms with Crippen LogP contribution in [0.2, 0.25) is 0 Å². The first-order chi connectivity index (χ1) is 9.89. The largest absolute Gasteiger partial charge is 0.396 e. The highest BCUT2D eigenvalue weighted by atomic mass is 16.5. The molecule has 0 aromatic carbocycles. The minimum Gasteiger partial charge on any atom is -0.396 e. The topological polar surface area (TPSA) is 41.5 Å². The fraction of sp³-hybridized carbons (Fsp3) is 1.00. The van der Waals surface area contributed by atoms with Crippen molar-refractivity contribution in [1.82, 2.24) is 5.32 Å². The van der Waals surface area contributed by atoms with Crippen LogP contribution in [0.25, 0.3) is 0 Å². The summed E-state index contributed by atoms with van der Waals surface area (Å²) in [6, 6.07) is 0. The summed E-state index contributed by atoms with van der Waals surface area (Å²) in [6.07, 6.45) is 2.02. The van der Waals surface area contributed by atoms with Crippen LogP contribution in [0.4, 0.5) is 0 Å². The van der Waals surface area contributed by atoms with E-state index in [9.17, 15) is 0 Å². The van der Waals surface area contributed by atoms with E-state index in [4.69, 9.17) is 9.84 Å². The second-order valence-corrected chi connectivity index (χ2v) is 5.29. The van der Waals surface area contributed by atoms with Gasteiger partial charge in [-0.15, -0.1) is 0 Å². The summed E-state index contributed by atoms with van der Waals surface area (Å²) in [5.74, 6) is 0.731. The van der Waals surface area contributed by atoms with Gasteiger partial charge in [0.25, 0.3) is 0 Å². The van der Waals surface area contributed by atoms with E-state index < -0.39 is 0 Å². The van der Waals surface area contributed by atoms with Gasteiger partial charge in [0.15, 0.2) is 0 Å². The first kappa shape index (κ1) is 29.0. The molecule has 0 amide bonds. The van der Waals surface area contributed by atoms with Gasteiger partial charge < -0.3 is 15.2 Å². The van der Waals surface area contributed by atoms with E-state index >= 15 is 0 Å². The van der Waals surface area contributed by atoms with Crippen molar-refractivity contribution in [1.29, 1.82) is 0 Å². The molecule has 0 aromatic heterocycles. The lowest BCUT2D eigenvalue weighted by atomic mass is 10.1. The van der Waals surface area contributed by atoms with E-state index in [1.54, 1.807) is 0 Å². The standard InChI is InChI=1S/C11H25NO.C3H8O.2C2H6/c1-6-12-9-11(4,5)13-8-7-10(2)3;1-2-3-4;2*1-2/h10,12H,6-9H2,1-5H3;4H,2-3H2,1H3;2*1-2H3. The minimum atomic E-state index is -0.0229. The number of rotatable bonds is 8. The summed E-state index contributed by atoms with van der Waals surface area (Å²) in [6.45, 7) is 23.9. The van der Waals surface area contributed by atoms with E-state index in [2.05, 4.69) is 39.9 Å². The number of hydrogen-bond acceptors (Lipinski definition) is 3. The highest BCUT2D eigenvalue weighted by molar-refractivity contribution is 4.71. The van der Waals surface area contributed by atoms with Crippen LogP contribution < -0.4 is 5.32 Å². The average molecular weight is 308 g/mol. The van der Waals surface area contributed by atoms with Crippen LogP contribution in [0.3, 0.4) is 0 Å².